The van der Waals surface area contributed by atoms with Crippen molar-refractivity contribution in [1.29, 1.82) is 0 Å². The Labute approximate surface area is 109 Å². The number of carbonyl (C=O) groups is 2. The minimum atomic E-state index is -0.468. The number of nitrogens with zero attached hydrogens (tertiary/aromatic N) is 1. The van der Waals surface area contributed by atoms with Gasteiger partial charge >= 0.3 is 0 Å². The van der Waals surface area contributed by atoms with Crippen LogP contribution in [0.15, 0.2) is 18.2 Å². The SMILES string of the molecule is COc1ccc(Cl)c(N2CC(C(N)=O)CC2=O)c1. The zero-order valence-corrected chi connectivity index (χ0v) is 10.6. The van der Waals surface area contributed by atoms with Gasteiger partial charge in [0.05, 0.1) is 23.7 Å². The summed E-state index contributed by atoms with van der Waals surface area (Å²) in [5.74, 6) is -0.483. The Bertz CT molecular complexity index is 504. The van der Waals surface area contributed by atoms with Crippen LogP contribution in [0.4, 0.5) is 5.69 Å². The lowest BCUT2D eigenvalue weighted by Gasteiger charge is -2.18. The molecule has 0 spiro atoms. The van der Waals surface area contributed by atoms with E-state index in [1.165, 1.54) is 12.0 Å². The molecule has 96 valence electrons. The molecule has 2 amide bonds. The van der Waals surface area contributed by atoms with Crippen LogP contribution in [0, 0.1) is 5.92 Å². The molecule has 18 heavy (non-hydrogen) atoms. The Kier molecular flexibility index (Phi) is 3.43. The number of ether oxygens (including phenoxy) is 1. The van der Waals surface area contributed by atoms with E-state index < -0.39 is 11.8 Å². The summed E-state index contributed by atoms with van der Waals surface area (Å²) in [5.41, 5.74) is 5.76. The third-order valence-corrected chi connectivity index (χ3v) is 3.29. The maximum Gasteiger partial charge on any atom is 0.227 e. The first-order valence-corrected chi connectivity index (χ1v) is 5.84. The number of nitrogens with two attached hydrogens (primary N) is 1. The van der Waals surface area contributed by atoms with Gasteiger partial charge in [0, 0.05) is 19.0 Å². The van der Waals surface area contributed by atoms with Crippen LogP contribution in [-0.2, 0) is 9.59 Å². The van der Waals surface area contributed by atoms with E-state index >= 15 is 0 Å². The lowest BCUT2D eigenvalue weighted by atomic mass is 10.1. The number of primary amides is 1. The number of carbonyl (C=O) groups excluding carboxylic acids is 2. The van der Waals surface area contributed by atoms with Crippen LogP contribution in [0.2, 0.25) is 5.02 Å². The average Bonchev–Trinajstić information content (AvgIpc) is 2.72. The molecular weight excluding hydrogens is 256 g/mol. The van der Waals surface area contributed by atoms with Crippen LogP contribution in [0.5, 0.6) is 5.75 Å². The second kappa shape index (κ2) is 4.86. The number of hydrogen-bond acceptors (Lipinski definition) is 3. The molecule has 0 bridgehead atoms. The number of benzene rings is 1. The first-order chi connectivity index (χ1) is 8.52. The summed E-state index contributed by atoms with van der Waals surface area (Å²) in [4.78, 5) is 24.5. The molecule has 1 saturated heterocycles. The van der Waals surface area contributed by atoms with Crippen molar-refractivity contribution in [3.05, 3.63) is 23.2 Å². The molecule has 2 rings (SSSR count). The van der Waals surface area contributed by atoms with Crippen molar-refractivity contribution < 1.29 is 14.3 Å². The molecular formula is C12H13ClN2O3. The van der Waals surface area contributed by atoms with Crippen LogP contribution >= 0.6 is 11.6 Å². The summed E-state index contributed by atoms with van der Waals surface area (Å²) < 4.78 is 5.09. The second-order valence-corrected chi connectivity index (χ2v) is 4.53. The highest BCUT2D eigenvalue weighted by molar-refractivity contribution is 6.34. The fraction of sp³-hybridized carbons (Fsp3) is 0.333. The quantitative estimate of drug-likeness (QED) is 0.895. The van der Waals surface area contributed by atoms with Gasteiger partial charge in [-0.15, -0.1) is 0 Å². The van der Waals surface area contributed by atoms with E-state index in [4.69, 9.17) is 22.1 Å². The Morgan fingerprint density at radius 2 is 2.28 bits per heavy atom. The highest BCUT2D eigenvalue weighted by Gasteiger charge is 2.34. The van der Waals surface area contributed by atoms with Crippen molar-refractivity contribution >= 4 is 29.1 Å². The van der Waals surface area contributed by atoms with Gasteiger partial charge in [0.15, 0.2) is 0 Å². The Balaban J connectivity index is 2.32. The van der Waals surface area contributed by atoms with Crippen molar-refractivity contribution in [3.8, 4) is 5.75 Å². The summed E-state index contributed by atoms with van der Waals surface area (Å²) in [5, 5.41) is 0.439. The van der Waals surface area contributed by atoms with E-state index in [0.29, 0.717) is 16.5 Å². The zero-order chi connectivity index (χ0) is 13.3. The fourth-order valence-corrected chi connectivity index (χ4v) is 2.18. The maximum absolute atomic E-state index is 11.9. The molecule has 2 N–H and O–H groups in total. The Hall–Kier alpha value is -1.75. The first-order valence-electron chi connectivity index (χ1n) is 5.46. The van der Waals surface area contributed by atoms with E-state index in [0.717, 1.165) is 0 Å². The number of halogens is 1. The predicted molar refractivity (Wildman–Crippen MR) is 67.7 cm³/mol. The third-order valence-electron chi connectivity index (χ3n) is 2.97. The molecule has 0 radical (unpaired) electrons. The van der Waals surface area contributed by atoms with E-state index in [1.807, 2.05) is 0 Å². The van der Waals surface area contributed by atoms with E-state index in [2.05, 4.69) is 0 Å². The van der Waals surface area contributed by atoms with Crippen molar-refractivity contribution in [2.24, 2.45) is 11.7 Å². The van der Waals surface area contributed by atoms with E-state index in [1.54, 1.807) is 18.2 Å². The van der Waals surface area contributed by atoms with E-state index in [9.17, 15) is 9.59 Å². The molecule has 6 heteroatoms. The van der Waals surface area contributed by atoms with Crippen molar-refractivity contribution in [1.82, 2.24) is 0 Å². The maximum atomic E-state index is 11.9. The van der Waals surface area contributed by atoms with Crippen LogP contribution in [0.1, 0.15) is 6.42 Å². The van der Waals surface area contributed by atoms with Crippen molar-refractivity contribution in [3.63, 3.8) is 0 Å². The van der Waals surface area contributed by atoms with Gasteiger partial charge in [-0.1, -0.05) is 11.6 Å². The molecule has 0 aliphatic carbocycles. The average molecular weight is 269 g/mol. The number of anilines is 1. The normalized spacial score (nSPS) is 19.1. The lowest BCUT2D eigenvalue weighted by Crippen LogP contribution is -2.28. The van der Waals surface area contributed by atoms with Gasteiger partial charge in [0.25, 0.3) is 0 Å². The van der Waals surface area contributed by atoms with Gasteiger partial charge in [-0.3, -0.25) is 9.59 Å². The number of rotatable bonds is 3. The molecule has 1 aromatic rings. The predicted octanol–water partition coefficient (Wildman–Crippen LogP) is 1.19. The molecule has 5 nitrogen and oxygen atoms in total. The van der Waals surface area contributed by atoms with Crippen LogP contribution in [0.3, 0.4) is 0 Å². The van der Waals surface area contributed by atoms with Gasteiger partial charge in [-0.25, -0.2) is 0 Å². The summed E-state index contributed by atoms with van der Waals surface area (Å²) in [6.07, 6.45) is 0.128. The van der Waals surface area contributed by atoms with Gasteiger partial charge in [-0.2, -0.15) is 0 Å². The highest BCUT2D eigenvalue weighted by atomic mass is 35.5. The molecule has 1 fully saturated rings. The fourth-order valence-electron chi connectivity index (χ4n) is 1.96. The largest absolute Gasteiger partial charge is 0.497 e. The molecule has 1 atom stereocenters. The summed E-state index contributed by atoms with van der Waals surface area (Å²) in [6, 6.07) is 5.03. The van der Waals surface area contributed by atoms with Crippen molar-refractivity contribution in [2.45, 2.75) is 6.42 Å². The van der Waals surface area contributed by atoms with Crippen LogP contribution in [-0.4, -0.2) is 25.5 Å². The third kappa shape index (κ3) is 2.26. The number of amides is 2. The molecule has 0 aromatic heterocycles. The van der Waals surface area contributed by atoms with Crippen molar-refractivity contribution in [2.75, 3.05) is 18.6 Å². The molecule has 1 heterocycles. The molecule has 1 unspecified atom stereocenters. The Morgan fingerprint density at radius 3 is 2.83 bits per heavy atom. The lowest BCUT2D eigenvalue weighted by molar-refractivity contribution is -0.123. The van der Waals surface area contributed by atoms with E-state index in [-0.39, 0.29) is 18.9 Å². The molecule has 1 aliphatic rings. The monoisotopic (exact) mass is 268 g/mol. The standard InChI is InChI=1S/C12H13ClN2O3/c1-18-8-2-3-9(13)10(5-8)15-6-7(12(14)17)4-11(15)16/h2-3,5,7H,4,6H2,1H3,(H2,14,17). The summed E-state index contributed by atoms with van der Waals surface area (Å²) >= 11 is 6.06. The smallest absolute Gasteiger partial charge is 0.227 e. The topological polar surface area (TPSA) is 72.6 Å². The summed E-state index contributed by atoms with van der Waals surface area (Å²) in [7, 11) is 1.53. The van der Waals surface area contributed by atoms with Crippen LogP contribution in [0.25, 0.3) is 0 Å². The second-order valence-electron chi connectivity index (χ2n) is 4.13. The summed E-state index contributed by atoms with van der Waals surface area (Å²) in [6.45, 7) is 0.265. The van der Waals surface area contributed by atoms with Gasteiger partial charge in [0.1, 0.15) is 5.75 Å². The van der Waals surface area contributed by atoms with Gasteiger partial charge < -0.3 is 15.4 Å². The molecule has 1 aliphatic heterocycles. The Morgan fingerprint density at radius 1 is 1.56 bits per heavy atom. The molecule has 1 aromatic carbocycles. The highest BCUT2D eigenvalue weighted by Crippen LogP contribution is 2.34. The zero-order valence-electron chi connectivity index (χ0n) is 9.85. The number of methoxy groups -OCH3 is 1. The number of hydrogen-bond donors (Lipinski definition) is 1. The first kappa shape index (κ1) is 12.7. The van der Waals surface area contributed by atoms with Gasteiger partial charge in [-0.05, 0) is 12.1 Å². The molecule has 0 saturated carbocycles. The minimum Gasteiger partial charge on any atom is -0.497 e. The van der Waals surface area contributed by atoms with Crippen LogP contribution < -0.4 is 15.4 Å². The minimum absolute atomic E-state index is 0.128. The van der Waals surface area contributed by atoms with Gasteiger partial charge in [0.2, 0.25) is 11.8 Å².